The van der Waals surface area contributed by atoms with Gasteiger partial charge >= 0.3 is 0 Å². The largest absolute Gasteiger partial charge is 0.367 e. The average molecular weight is 271 g/mol. The number of aromatic nitrogens is 3. The molecule has 1 saturated carbocycles. The zero-order valence-corrected chi connectivity index (χ0v) is 12.1. The predicted octanol–water partition coefficient (Wildman–Crippen LogP) is 2.84. The van der Waals surface area contributed by atoms with Crippen molar-refractivity contribution in [3.63, 3.8) is 0 Å². The van der Waals surface area contributed by atoms with Gasteiger partial charge in [-0.25, -0.2) is 15.0 Å². The highest BCUT2D eigenvalue weighted by molar-refractivity contribution is 5.90. The highest BCUT2D eigenvalue weighted by Gasteiger charge is 2.15. The van der Waals surface area contributed by atoms with E-state index in [2.05, 4.69) is 26.3 Å². The van der Waals surface area contributed by atoms with E-state index in [9.17, 15) is 0 Å². The van der Waals surface area contributed by atoms with Crippen molar-refractivity contribution in [1.29, 1.82) is 0 Å². The van der Waals surface area contributed by atoms with Gasteiger partial charge in [-0.15, -0.1) is 0 Å². The molecule has 2 aromatic heterocycles. The molecule has 5 heteroatoms. The standard InChI is InChI=1S/C15H21N5/c1-20(2)14-8-12-13(9-16-14)17-10-18-15(12)19-11-6-4-3-5-7-11/h8-11H,3-7H2,1-2H3,(H,17,18,19). The zero-order chi connectivity index (χ0) is 13.9. The molecule has 106 valence electrons. The summed E-state index contributed by atoms with van der Waals surface area (Å²) in [6.07, 6.45) is 9.88. The number of fused-ring (bicyclic) bond motifs is 1. The van der Waals surface area contributed by atoms with Crippen LogP contribution in [0.15, 0.2) is 18.6 Å². The van der Waals surface area contributed by atoms with Crippen LogP contribution >= 0.6 is 0 Å². The number of anilines is 2. The van der Waals surface area contributed by atoms with Gasteiger partial charge in [-0.1, -0.05) is 19.3 Å². The van der Waals surface area contributed by atoms with Crippen LogP contribution in [-0.4, -0.2) is 35.1 Å². The lowest BCUT2D eigenvalue weighted by Crippen LogP contribution is -2.23. The first-order valence-electron chi connectivity index (χ1n) is 7.28. The van der Waals surface area contributed by atoms with Gasteiger partial charge in [0, 0.05) is 25.5 Å². The second kappa shape index (κ2) is 5.61. The van der Waals surface area contributed by atoms with Crippen LogP contribution in [-0.2, 0) is 0 Å². The molecular weight excluding hydrogens is 250 g/mol. The monoisotopic (exact) mass is 271 g/mol. The minimum absolute atomic E-state index is 0.540. The normalized spacial score (nSPS) is 16.3. The first kappa shape index (κ1) is 13.1. The Morgan fingerprint density at radius 3 is 2.65 bits per heavy atom. The number of hydrogen-bond acceptors (Lipinski definition) is 5. The fourth-order valence-electron chi connectivity index (χ4n) is 2.75. The summed E-state index contributed by atoms with van der Waals surface area (Å²) in [5.74, 6) is 1.87. The van der Waals surface area contributed by atoms with Crippen molar-refractivity contribution in [2.75, 3.05) is 24.3 Å². The Kier molecular flexibility index (Phi) is 3.67. The van der Waals surface area contributed by atoms with Crippen LogP contribution < -0.4 is 10.2 Å². The number of nitrogens with one attached hydrogen (secondary N) is 1. The van der Waals surface area contributed by atoms with E-state index in [1.165, 1.54) is 32.1 Å². The summed E-state index contributed by atoms with van der Waals surface area (Å²) < 4.78 is 0. The molecule has 1 fully saturated rings. The Morgan fingerprint density at radius 1 is 1.10 bits per heavy atom. The van der Waals surface area contributed by atoms with Crippen molar-refractivity contribution in [1.82, 2.24) is 15.0 Å². The summed E-state index contributed by atoms with van der Waals surface area (Å²) in [6.45, 7) is 0. The van der Waals surface area contributed by atoms with Gasteiger partial charge in [0.15, 0.2) is 0 Å². The minimum atomic E-state index is 0.540. The molecule has 0 atom stereocenters. The van der Waals surface area contributed by atoms with Crippen LogP contribution in [0.4, 0.5) is 11.6 Å². The van der Waals surface area contributed by atoms with E-state index < -0.39 is 0 Å². The molecule has 2 heterocycles. The van der Waals surface area contributed by atoms with E-state index in [1.54, 1.807) is 6.33 Å². The molecule has 0 bridgehead atoms. The Labute approximate surface area is 119 Å². The Morgan fingerprint density at radius 2 is 1.90 bits per heavy atom. The quantitative estimate of drug-likeness (QED) is 0.930. The summed E-state index contributed by atoms with van der Waals surface area (Å²) in [7, 11) is 3.98. The summed E-state index contributed by atoms with van der Waals surface area (Å²) in [6, 6.07) is 2.60. The third-order valence-electron chi connectivity index (χ3n) is 3.91. The van der Waals surface area contributed by atoms with Crippen molar-refractivity contribution in [2.45, 2.75) is 38.1 Å². The molecule has 0 saturated heterocycles. The maximum Gasteiger partial charge on any atom is 0.137 e. The second-order valence-corrected chi connectivity index (χ2v) is 5.66. The number of pyridine rings is 1. The number of nitrogens with zero attached hydrogens (tertiary/aromatic N) is 4. The number of rotatable bonds is 3. The van der Waals surface area contributed by atoms with Gasteiger partial charge in [0.1, 0.15) is 18.0 Å². The van der Waals surface area contributed by atoms with E-state index >= 15 is 0 Å². The molecule has 0 unspecified atom stereocenters. The highest BCUT2D eigenvalue weighted by Crippen LogP contribution is 2.26. The third-order valence-corrected chi connectivity index (χ3v) is 3.91. The molecule has 0 radical (unpaired) electrons. The molecule has 1 aliphatic rings. The smallest absolute Gasteiger partial charge is 0.137 e. The topological polar surface area (TPSA) is 53.9 Å². The van der Waals surface area contributed by atoms with E-state index in [0.29, 0.717) is 6.04 Å². The van der Waals surface area contributed by atoms with Crippen LogP contribution in [0.1, 0.15) is 32.1 Å². The Balaban J connectivity index is 1.94. The molecule has 20 heavy (non-hydrogen) atoms. The lowest BCUT2D eigenvalue weighted by Gasteiger charge is -2.24. The fraction of sp³-hybridized carbons (Fsp3) is 0.533. The second-order valence-electron chi connectivity index (χ2n) is 5.66. The van der Waals surface area contributed by atoms with Crippen molar-refractivity contribution < 1.29 is 0 Å². The minimum Gasteiger partial charge on any atom is -0.367 e. The van der Waals surface area contributed by atoms with Gasteiger partial charge in [-0.2, -0.15) is 0 Å². The van der Waals surface area contributed by atoms with Gasteiger partial charge in [0.25, 0.3) is 0 Å². The molecule has 3 rings (SSSR count). The molecule has 0 amide bonds. The predicted molar refractivity (Wildman–Crippen MR) is 82.2 cm³/mol. The molecule has 1 N–H and O–H groups in total. The van der Waals surface area contributed by atoms with E-state index in [4.69, 9.17) is 0 Å². The maximum atomic E-state index is 4.43. The molecule has 0 aromatic carbocycles. The SMILES string of the molecule is CN(C)c1cc2c(NC3CCCCC3)ncnc2cn1. The van der Waals surface area contributed by atoms with Crippen LogP contribution in [0.5, 0.6) is 0 Å². The van der Waals surface area contributed by atoms with Gasteiger partial charge in [-0.05, 0) is 18.9 Å². The van der Waals surface area contributed by atoms with Gasteiger partial charge < -0.3 is 10.2 Å². The van der Waals surface area contributed by atoms with E-state index in [1.807, 2.05) is 25.2 Å². The summed E-state index contributed by atoms with van der Waals surface area (Å²) in [4.78, 5) is 15.1. The van der Waals surface area contributed by atoms with Crippen LogP contribution in [0.3, 0.4) is 0 Å². The fourth-order valence-corrected chi connectivity index (χ4v) is 2.75. The Hall–Kier alpha value is -1.91. The van der Waals surface area contributed by atoms with Crippen LogP contribution in [0.25, 0.3) is 10.9 Å². The average Bonchev–Trinajstić information content (AvgIpc) is 2.48. The van der Waals surface area contributed by atoms with Gasteiger partial charge in [0.05, 0.1) is 11.7 Å². The van der Waals surface area contributed by atoms with Gasteiger partial charge in [0.2, 0.25) is 0 Å². The lowest BCUT2D eigenvalue weighted by atomic mass is 9.95. The highest BCUT2D eigenvalue weighted by atomic mass is 15.1. The molecule has 2 aromatic rings. The third kappa shape index (κ3) is 2.66. The molecule has 5 nitrogen and oxygen atoms in total. The maximum absolute atomic E-state index is 4.43. The number of hydrogen-bond donors (Lipinski definition) is 1. The van der Waals surface area contributed by atoms with Crippen LogP contribution in [0, 0.1) is 0 Å². The summed E-state index contributed by atoms with van der Waals surface area (Å²) in [5, 5.41) is 4.65. The zero-order valence-electron chi connectivity index (χ0n) is 12.1. The Bertz CT molecular complexity index is 590. The lowest BCUT2D eigenvalue weighted by molar-refractivity contribution is 0.462. The molecule has 0 aliphatic heterocycles. The van der Waals surface area contributed by atoms with Crippen molar-refractivity contribution in [3.8, 4) is 0 Å². The van der Waals surface area contributed by atoms with Crippen LogP contribution in [0.2, 0.25) is 0 Å². The summed E-state index contributed by atoms with van der Waals surface area (Å²) in [5.41, 5.74) is 0.893. The van der Waals surface area contributed by atoms with Gasteiger partial charge in [-0.3, -0.25) is 0 Å². The molecule has 1 aliphatic carbocycles. The van der Waals surface area contributed by atoms with Crippen molar-refractivity contribution in [2.24, 2.45) is 0 Å². The van der Waals surface area contributed by atoms with E-state index in [0.717, 1.165) is 22.5 Å². The first-order chi connectivity index (χ1) is 9.74. The first-order valence-corrected chi connectivity index (χ1v) is 7.28. The molecule has 0 spiro atoms. The van der Waals surface area contributed by atoms with E-state index in [-0.39, 0.29) is 0 Å². The molecular formula is C15H21N5. The van der Waals surface area contributed by atoms with Crippen molar-refractivity contribution in [3.05, 3.63) is 18.6 Å². The summed E-state index contributed by atoms with van der Waals surface area (Å²) >= 11 is 0. The van der Waals surface area contributed by atoms with Crippen molar-refractivity contribution >= 4 is 22.5 Å².